The van der Waals surface area contributed by atoms with Gasteiger partial charge in [0.25, 0.3) is 0 Å². The molecule has 0 nitrogen and oxygen atoms in total. The summed E-state index contributed by atoms with van der Waals surface area (Å²) in [6, 6.07) is 0. The standard InChI is InChI=1S/C8H11F/c1-3-7-5-8(7)4-6(2)9/h3-4,7-8H,1,5H2,2H3/b6-4+/t7-,8-/m0/s1. The first kappa shape index (κ1) is 6.53. The summed E-state index contributed by atoms with van der Waals surface area (Å²) in [5.74, 6) is 0.938. The molecule has 1 aliphatic rings. The van der Waals surface area contributed by atoms with Gasteiger partial charge in [-0.25, -0.2) is 4.39 Å². The molecule has 0 bridgehead atoms. The van der Waals surface area contributed by atoms with E-state index < -0.39 is 0 Å². The first-order valence-electron chi connectivity index (χ1n) is 3.20. The summed E-state index contributed by atoms with van der Waals surface area (Å²) in [6.45, 7) is 5.11. The van der Waals surface area contributed by atoms with E-state index in [1.807, 2.05) is 6.08 Å². The van der Waals surface area contributed by atoms with Gasteiger partial charge in [-0.15, -0.1) is 6.58 Å². The molecule has 1 aliphatic carbocycles. The Kier molecular flexibility index (Phi) is 1.70. The Balaban J connectivity index is 2.35. The van der Waals surface area contributed by atoms with Crippen molar-refractivity contribution in [1.29, 1.82) is 0 Å². The maximum absolute atomic E-state index is 12.1. The Morgan fingerprint density at radius 2 is 2.33 bits per heavy atom. The first-order valence-corrected chi connectivity index (χ1v) is 3.20. The van der Waals surface area contributed by atoms with Crippen molar-refractivity contribution < 1.29 is 4.39 Å². The Labute approximate surface area is 55.1 Å². The summed E-state index contributed by atoms with van der Waals surface area (Å²) >= 11 is 0. The van der Waals surface area contributed by atoms with Crippen molar-refractivity contribution in [3.05, 3.63) is 24.6 Å². The van der Waals surface area contributed by atoms with E-state index in [-0.39, 0.29) is 5.83 Å². The van der Waals surface area contributed by atoms with Gasteiger partial charge in [-0.3, -0.25) is 0 Å². The number of hydrogen-bond donors (Lipinski definition) is 0. The predicted molar refractivity (Wildman–Crippen MR) is 36.7 cm³/mol. The average molecular weight is 126 g/mol. The van der Waals surface area contributed by atoms with E-state index in [2.05, 4.69) is 6.58 Å². The monoisotopic (exact) mass is 126 g/mol. The number of rotatable bonds is 2. The molecule has 0 amide bonds. The molecule has 9 heavy (non-hydrogen) atoms. The van der Waals surface area contributed by atoms with E-state index in [4.69, 9.17) is 0 Å². The molecule has 0 aromatic carbocycles. The van der Waals surface area contributed by atoms with E-state index in [0.29, 0.717) is 11.8 Å². The van der Waals surface area contributed by atoms with Crippen molar-refractivity contribution in [3.63, 3.8) is 0 Å². The van der Waals surface area contributed by atoms with Crippen LogP contribution < -0.4 is 0 Å². The minimum atomic E-state index is -0.0654. The Morgan fingerprint density at radius 1 is 1.67 bits per heavy atom. The van der Waals surface area contributed by atoms with Gasteiger partial charge in [-0.1, -0.05) is 6.08 Å². The molecule has 0 N–H and O–H groups in total. The van der Waals surface area contributed by atoms with Crippen molar-refractivity contribution >= 4 is 0 Å². The Morgan fingerprint density at radius 3 is 2.67 bits per heavy atom. The van der Waals surface area contributed by atoms with E-state index in [1.165, 1.54) is 6.92 Å². The molecule has 1 heteroatoms. The van der Waals surface area contributed by atoms with Gasteiger partial charge in [0.2, 0.25) is 0 Å². The normalized spacial score (nSPS) is 34.2. The van der Waals surface area contributed by atoms with Crippen molar-refractivity contribution in [3.8, 4) is 0 Å². The molecule has 0 aromatic heterocycles. The largest absolute Gasteiger partial charge is 0.212 e. The van der Waals surface area contributed by atoms with E-state index in [0.717, 1.165) is 6.42 Å². The van der Waals surface area contributed by atoms with Crippen LogP contribution in [0.25, 0.3) is 0 Å². The molecule has 2 atom stereocenters. The van der Waals surface area contributed by atoms with Crippen LogP contribution in [0.15, 0.2) is 24.6 Å². The van der Waals surface area contributed by atoms with Crippen LogP contribution in [0.5, 0.6) is 0 Å². The topological polar surface area (TPSA) is 0 Å². The lowest BCUT2D eigenvalue weighted by Gasteiger charge is -1.82. The van der Waals surface area contributed by atoms with Crippen LogP contribution in [0, 0.1) is 11.8 Å². The van der Waals surface area contributed by atoms with E-state index in [1.54, 1.807) is 6.08 Å². The van der Waals surface area contributed by atoms with Gasteiger partial charge in [0, 0.05) is 0 Å². The van der Waals surface area contributed by atoms with Crippen molar-refractivity contribution in [2.24, 2.45) is 11.8 Å². The van der Waals surface area contributed by atoms with Crippen LogP contribution in [-0.2, 0) is 0 Å². The van der Waals surface area contributed by atoms with Gasteiger partial charge in [-0.05, 0) is 31.3 Å². The molecule has 0 saturated heterocycles. The SMILES string of the molecule is C=C[C@H]1C[C@@H]1/C=C(\C)F. The second-order valence-electron chi connectivity index (χ2n) is 2.55. The second kappa shape index (κ2) is 2.34. The summed E-state index contributed by atoms with van der Waals surface area (Å²) in [6.07, 6.45) is 4.65. The molecule has 0 radical (unpaired) electrons. The lowest BCUT2D eigenvalue weighted by Crippen LogP contribution is -1.71. The van der Waals surface area contributed by atoms with Crippen LogP contribution in [-0.4, -0.2) is 0 Å². The fourth-order valence-corrected chi connectivity index (χ4v) is 0.993. The van der Waals surface area contributed by atoms with Crippen LogP contribution in [0.1, 0.15) is 13.3 Å². The maximum atomic E-state index is 12.1. The highest BCUT2D eigenvalue weighted by molar-refractivity contribution is 5.09. The minimum absolute atomic E-state index is 0.0654. The highest BCUT2D eigenvalue weighted by Crippen LogP contribution is 2.40. The third-order valence-electron chi connectivity index (χ3n) is 1.64. The first-order chi connectivity index (χ1) is 4.24. The smallest absolute Gasteiger partial charge is 0.0932 e. The molecule has 1 rings (SSSR count). The molecule has 0 aliphatic heterocycles. The zero-order valence-electron chi connectivity index (χ0n) is 5.60. The molecule has 0 unspecified atom stereocenters. The lowest BCUT2D eigenvalue weighted by atomic mass is 10.3. The van der Waals surface area contributed by atoms with Crippen molar-refractivity contribution in [2.45, 2.75) is 13.3 Å². The second-order valence-corrected chi connectivity index (χ2v) is 2.55. The molecule has 0 heterocycles. The van der Waals surface area contributed by atoms with Gasteiger partial charge in [0.15, 0.2) is 0 Å². The Hall–Kier alpha value is -0.590. The van der Waals surface area contributed by atoms with Crippen molar-refractivity contribution in [1.82, 2.24) is 0 Å². The van der Waals surface area contributed by atoms with Gasteiger partial charge in [0.1, 0.15) is 0 Å². The molecule has 1 fully saturated rings. The molecule has 50 valence electrons. The zero-order chi connectivity index (χ0) is 6.85. The van der Waals surface area contributed by atoms with Gasteiger partial charge in [-0.2, -0.15) is 0 Å². The maximum Gasteiger partial charge on any atom is 0.0932 e. The summed E-state index contributed by atoms with van der Waals surface area (Å²) in [5.41, 5.74) is 0. The molecule has 0 aromatic rings. The lowest BCUT2D eigenvalue weighted by molar-refractivity contribution is 0.630. The molecular weight excluding hydrogens is 115 g/mol. The van der Waals surface area contributed by atoms with Gasteiger partial charge < -0.3 is 0 Å². The summed E-state index contributed by atoms with van der Waals surface area (Å²) in [7, 11) is 0. The predicted octanol–water partition coefficient (Wildman–Crippen LogP) is 2.68. The number of halogens is 1. The Bertz CT molecular complexity index is 143. The third kappa shape index (κ3) is 1.67. The van der Waals surface area contributed by atoms with Crippen LogP contribution >= 0.6 is 0 Å². The summed E-state index contributed by atoms with van der Waals surface area (Å²) in [5, 5.41) is 0. The summed E-state index contributed by atoms with van der Waals surface area (Å²) < 4.78 is 12.1. The highest BCUT2D eigenvalue weighted by atomic mass is 19.1. The molecular formula is C8H11F. The van der Waals surface area contributed by atoms with Gasteiger partial charge >= 0.3 is 0 Å². The fourth-order valence-electron chi connectivity index (χ4n) is 0.993. The van der Waals surface area contributed by atoms with E-state index in [9.17, 15) is 4.39 Å². The summed E-state index contributed by atoms with van der Waals surface area (Å²) in [4.78, 5) is 0. The zero-order valence-corrected chi connectivity index (χ0v) is 5.60. The average Bonchev–Trinajstić information content (AvgIpc) is 2.45. The van der Waals surface area contributed by atoms with Crippen LogP contribution in [0.3, 0.4) is 0 Å². The van der Waals surface area contributed by atoms with Gasteiger partial charge in [0.05, 0.1) is 5.83 Å². The molecule has 0 spiro atoms. The van der Waals surface area contributed by atoms with E-state index >= 15 is 0 Å². The van der Waals surface area contributed by atoms with Crippen molar-refractivity contribution in [2.75, 3.05) is 0 Å². The fraction of sp³-hybridized carbons (Fsp3) is 0.500. The van der Waals surface area contributed by atoms with Crippen LogP contribution in [0.2, 0.25) is 0 Å². The molecule has 1 saturated carbocycles. The number of hydrogen-bond acceptors (Lipinski definition) is 0. The minimum Gasteiger partial charge on any atom is -0.212 e. The number of allylic oxidation sites excluding steroid dienone is 3. The third-order valence-corrected chi connectivity index (χ3v) is 1.64. The highest BCUT2D eigenvalue weighted by Gasteiger charge is 2.32. The van der Waals surface area contributed by atoms with Crippen LogP contribution in [0.4, 0.5) is 4.39 Å². The quantitative estimate of drug-likeness (QED) is 0.499.